The molecule has 3 N–H and O–H groups in total. The van der Waals surface area contributed by atoms with Gasteiger partial charge in [0.2, 0.25) is 0 Å². The molecule has 9 heteroatoms. The molecule has 2 spiro atoms. The zero-order chi connectivity index (χ0) is 43.4. The van der Waals surface area contributed by atoms with Crippen LogP contribution in [0.5, 0.6) is 0 Å². The number of hydrogen-bond donors (Lipinski definition) is 3. The maximum atomic E-state index is 15.5. The highest BCUT2D eigenvalue weighted by Gasteiger charge is 2.78. The first-order valence-corrected chi connectivity index (χ1v) is 27.2. The lowest BCUT2D eigenvalue weighted by atomic mass is 9.35. The van der Waals surface area contributed by atoms with Crippen molar-refractivity contribution in [3.05, 3.63) is 47.5 Å². The molecule has 8 aliphatic rings. The second-order valence-electron chi connectivity index (χ2n) is 22.5. The van der Waals surface area contributed by atoms with Crippen LogP contribution in [0.15, 0.2) is 42.0 Å². The fraction of sp³-hybridized carbons (Fsp3) is 0.774. The lowest BCUT2D eigenvalue weighted by Gasteiger charge is -2.71. The van der Waals surface area contributed by atoms with E-state index in [1.165, 1.54) is 37.7 Å². The van der Waals surface area contributed by atoms with E-state index in [1.54, 1.807) is 6.08 Å². The zero-order valence-corrected chi connectivity index (χ0v) is 39.5. The first kappa shape index (κ1) is 45.2. The molecule has 0 aromatic heterocycles. The van der Waals surface area contributed by atoms with Crippen molar-refractivity contribution in [1.82, 2.24) is 0 Å². The van der Waals surface area contributed by atoms with Crippen LogP contribution in [0.25, 0.3) is 0 Å². The van der Waals surface area contributed by atoms with Crippen molar-refractivity contribution in [2.75, 3.05) is 18.1 Å². The maximum Gasteiger partial charge on any atom is 0.331 e. The fourth-order valence-electron chi connectivity index (χ4n) is 15.8. The smallest absolute Gasteiger partial charge is 0.331 e. The molecule has 5 aliphatic carbocycles. The number of carbonyl (C=O) groups excluding carboxylic acids is 2. The number of hydrogen-bond acceptors (Lipinski definition) is 9. The molecule has 5 saturated carbocycles. The van der Waals surface area contributed by atoms with Crippen LogP contribution < -0.4 is 0 Å². The van der Waals surface area contributed by atoms with Crippen LogP contribution in [0, 0.1) is 68.5 Å². The Morgan fingerprint density at radius 3 is 2.37 bits per heavy atom. The predicted octanol–water partition coefficient (Wildman–Crippen LogP) is 10.4. The van der Waals surface area contributed by atoms with Crippen LogP contribution in [0.4, 0.5) is 0 Å². The molecule has 1 aromatic carbocycles. The average molecular weight is 887 g/mol. The van der Waals surface area contributed by atoms with Crippen molar-refractivity contribution < 1.29 is 34.4 Å². The van der Waals surface area contributed by atoms with Gasteiger partial charge in [0.05, 0.1) is 34.1 Å². The molecule has 3 heterocycles. The zero-order valence-electron chi connectivity index (χ0n) is 37.8. The van der Waals surface area contributed by atoms with E-state index >= 15 is 4.79 Å². The van der Waals surface area contributed by atoms with Crippen LogP contribution in [0.2, 0.25) is 0 Å². The Bertz CT molecular complexity index is 1900. The average Bonchev–Trinajstić information content (AvgIpc) is 4.03. The summed E-state index contributed by atoms with van der Waals surface area (Å²) >= 11 is 0. The van der Waals surface area contributed by atoms with Gasteiger partial charge in [-0.1, -0.05) is 97.4 Å². The Hall–Kier alpha value is -1.96. The van der Waals surface area contributed by atoms with Gasteiger partial charge in [-0.05, 0) is 149 Å². The number of aliphatic hydroxyl groups is 3. The third kappa shape index (κ3) is 7.76. The van der Waals surface area contributed by atoms with E-state index in [1.807, 2.05) is 28.5 Å². The molecule has 13 atom stereocenters. The summed E-state index contributed by atoms with van der Waals surface area (Å²) in [6.07, 6.45) is 16.7. The highest BCUT2D eigenvalue weighted by atomic mass is 33.1. The summed E-state index contributed by atoms with van der Waals surface area (Å²) in [7, 11) is 3.88. The topological polar surface area (TPSA) is 113 Å². The van der Waals surface area contributed by atoms with E-state index in [0.29, 0.717) is 55.3 Å². The minimum absolute atomic E-state index is 0.116. The van der Waals surface area contributed by atoms with Crippen LogP contribution in [-0.2, 0) is 25.5 Å². The third-order valence-corrected chi connectivity index (χ3v) is 21.7. The van der Waals surface area contributed by atoms with Crippen molar-refractivity contribution in [3.63, 3.8) is 0 Å². The van der Waals surface area contributed by atoms with E-state index in [4.69, 9.17) is 9.47 Å². The summed E-state index contributed by atoms with van der Waals surface area (Å²) in [6.45, 7) is 6.94. The molecule has 9 rings (SSSR count). The summed E-state index contributed by atoms with van der Waals surface area (Å²) in [4.78, 5) is 27.9. The van der Waals surface area contributed by atoms with Gasteiger partial charge in [0.25, 0.3) is 0 Å². The summed E-state index contributed by atoms with van der Waals surface area (Å²) < 4.78 is 12.7. The molecule has 3 aliphatic heterocycles. The van der Waals surface area contributed by atoms with Crippen molar-refractivity contribution in [3.8, 4) is 11.8 Å². The van der Waals surface area contributed by atoms with Crippen LogP contribution in [0.3, 0.4) is 0 Å². The Balaban J connectivity index is 1.21. The van der Waals surface area contributed by atoms with Crippen LogP contribution >= 0.6 is 21.6 Å². The van der Waals surface area contributed by atoms with Crippen LogP contribution in [0.1, 0.15) is 155 Å². The van der Waals surface area contributed by atoms with E-state index in [9.17, 15) is 20.1 Å². The van der Waals surface area contributed by atoms with Crippen molar-refractivity contribution in [2.24, 2.45) is 56.7 Å². The molecule has 1 saturated heterocycles. The van der Waals surface area contributed by atoms with Crippen molar-refractivity contribution in [2.45, 2.75) is 180 Å². The lowest BCUT2D eigenvalue weighted by molar-refractivity contribution is -0.338. The van der Waals surface area contributed by atoms with Gasteiger partial charge in [0.1, 0.15) is 12.7 Å². The SMILES string of the molecule is C[C@H]1CC[C@H](O)[C@]23[C@H](O)CC[C@@](C)([C@H]4CCC5(CCCC5)C4)[C@@H]2[C@H]2C[C@](C)(C#CC[C@]4(CCCC[C@H]4CSSC[C@@H](Cc4ccccc4)C1)C(=O)O2)[C@]3(O)CCC1=CC(=O)OC1. The molecule has 62 heavy (non-hydrogen) atoms. The van der Waals surface area contributed by atoms with E-state index < -0.39 is 51.5 Å². The lowest BCUT2D eigenvalue weighted by Crippen LogP contribution is -2.79. The number of benzene rings is 1. The van der Waals surface area contributed by atoms with Gasteiger partial charge in [-0.15, -0.1) is 5.92 Å². The van der Waals surface area contributed by atoms with Crippen molar-refractivity contribution >= 4 is 33.5 Å². The first-order chi connectivity index (χ1) is 29.8. The Morgan fingerprint density at radius 2 is 1.60 bits per heavy atom. The Labute approximate surface area is 379 Å². The highest BCUT2D eigenvalue weighted by Crippen LogP contribution is 2.73. The fourth-order valence-corrected chi connectivity index (χ4v) is 18.7. The first-order valence-electron chi connectivity index (χ1n) is 24.7. The number of ether oxygens (including phenoxy) is 2. The van der Waals surface area contributed by atoms with Gasteiger partial charge in [-0.25, -0.2) is 4.79 Å². The number of aliphatic hydroxyl groups excluding tert-OH is 2. The minimum atomic E-state index is -1.68. The van der Waals surface area contributed by atoms with E-state index in [0.717, 1.165) is 81.3 Å². The van der Waals surface area contributed by atoms with Crippen LogP contribution in [-0.4, -0.2) is 69.3 Å². The quantitative estimate of drug-likeness (QED) is 0.146. The number of esters is 2. The number of fused-ring (bicyclic) bond motifs is 2. The van der Waals surface area contributed by atoms with Gasteiger partial charge < -0.3 is 24.8 Å². The van der Waals surface area contributed by atoms with E-state index in [2.05, 4.69) is 56.0 Å². The second kappa shape index (κ2) is 17.7. The molecule has 6 fully saturated rings. The minimum Gasteiger partial charge on any atom is -0.462 e. The highest BCUT2D eigenvalue weighted by molar-refractivity contribution is 8.76. The molecule has 340 valence electrons. The summed E-state index contributed by atoms with van der Waals surface area (Å²) in [6, 6.07) is 10.8. The molecule has 0 radical (unpaired) electrons. The Kier molecular flexibility index (Phi) is 12.9. The largest absolute Gasteiger partial charge is 0.462 e. The summed E-state index contributed by atoms with van der Waals surface area (Å²) in [5.74, 6) is 9.36. The van der Waals surface area contributed by atoms with Gasteiger partial charge in [0.15, 0.2) is 0 Å². The second-order valence-corrected chi connectivity index (χ2v) is 25.1. The molecule has 0 amide bonds. The third-order valence-electron chi connectivity index (χ3n) is 19.1. The predicted molar refractivity (Wildman–Crippen MR) is 248 cm³/mol. The molecular formula is C53H74O7S2. The van der Waals surface area contributed by atoms with Gasteiger partial charge in [-0.3, -0.25) is 4.79 Å². The maximum absolute atomic E-state index is 15.5. The normalized spacial score (nSPS) is 44.5. The monoisotopic (exact) mass is 886 g/mol. The Morgan fingerprint density at radius 1 is 0.839 bits per heavy atom. The summed E-state index contributed by atoms with van der Waals surface area (Å²) in [5, 5.41) is 41.1. The van der Waals surface area contributed by atoms with Crippen molar-refractivity contribution in [1.29, 1.82) is 0 Å². The molecule has 4 bridgehead atoms. The molecule has 0 unspecified atom stereocenters. The number of cyclic esters (lactones) is 1. The number of rotatable bonds is 6. The molecular weight excluding hydrogens is 813 g/mol. The summed E-state index contributed by atoms with van der Waals surface area (Å²) in [5.41, 5.74) is -2.94. The molecule has 1 aromatic rings. The number of carbonyl (C=O) groups is 2. The van der Waals surface area contributed by atoms with E-state index in [-0.39, 0.29) is 30.9 Å². The standard InChI is InChI=1S/C53H74O7S2/c1-36-15-16-43(54)53-44(55)19-25-49(3,40-18-26-50(31-40)21-9-10-22-50)46(53)42-32-48(2,52(53,58)27-17-38-30-45(56)59-33-38)20-11-24-51(47(57)60-42)23-8-7-14-41(51)35-62-61-34-39(28-36)29-37-12-5-4-6-13-37/h4-6,12-13,30,36,39-44,46,54-55,58H,7-10,14-19,21-29,31-35H2,1-3H3/t36-,39+,40-,41-,42+,43-,44+,46-,48-,49-,51-,52+,53-/m0/s1. The van der Waals surface area contributed by atoms with Gasteiger partial charge >= 0.3 is 11.9 Å². The molecule has 7 nitrogen and oxygen atoms in total. The van der Waals surface area contributed by atoms with Gasteiger partial charge in [-0.2, -0.15) is 0 Å². The van der Waals surface area contributed by atoms with Gasteiger partial charge in [0, 0.05) is 36.3 Å².